The molecule has 0 amide bonds. The number of hydrogen-bond acceptors (Lipinski definition) is 4. The molecule has 0 aromatic heterocycles. The summed E-state index contributed by atoms with van der Waals surface area (Å²) in [6.07, 6.45) is 4.02. The minimum absolute atomic E-state index is 0.00391. The second-order valence-electron chi connectivity index (χ2n) is 6.81. The lowest BCUT2D eigenvalue weighted by molar-refractivity contribution is -0.140. The predicted molar refractivity (Wildman–Crippen MR) is 117 cm³/mol. The van der Waals surface area contributed by atoms with Crippen molar-refractivity contribution in [2.45, 2.75) is 6.42 Å². The van der Waals surface area contributed by atoms with Gasteiger partial charge in [0.1, 0.15) is 0 Å². The Morgan fingerprint density at radius 2 is 1.38 bits per heavy atom. The van der Waals surface area contributed by atoms with Crippen LogP contribution in [0.5, 0.6) is 0 Å². The molecule has 0 N–H and O–H groups in total. The lowest BCUT2D eigenvalue weighted by Gasteiger charge is -2.29. The summed E-state index contributed by atoms with van der Waals surface area (Å²) in [5, 5.41) is 1.29. The van der Waals surface area contributed by atoms with E-state index in [4.69, 9.17) is 27.9 Å². The number of methoxy groups -OCH3 is 1. The molecule has 2 aromatic rings. The first-order valence-corrected chi connectivity index (χ1v) is 9.96. The largest absolute Gasteiger partial charge is 0.469 e. The van der Waals surface area contributed by atoms with Crippen LogP contribution in [0.15, 0.2) is 59.7 Å². The molecule has 0 saturated carbocycles. The zero-order valence-electron chi connectivity index (χ0n) is 16.0. The number of piperidine rings is 1. The number of ether oxygens (including phenoxy) is 1. The number of Topliss-reactive ketones (excluding diaryl/α,β-unsaturated/α-hetero) is 1. The summed E-state index contributed by atoms with van der Waals surface area (Å²) in [6.45, 7) is 1.45. The second-order valence-corrected chi connectivity index (χ2v) is 7.68. The first-order chi connectivity index (χ1) is 13.9. The van der Waals surface area contributed by atoms with Gasteiger partial charge in [-0.25, -0.2) is 0 Å². The van der Waals surface area contributed by atoms with Gasteiger partial charge in [0, 0.05) is 40.8 Å². The van der Waals surface area contributed by atoms with Crippen LogP contribution < -0.4 is 0 Å². The van der Waals surface area contributed by atoms with Crippen molar-refractivity contribution in [3.8, 4) is 0 Å². The standard InChI is InChI=1S/C23H21Cl2NO3/c1-29-22(27)10-11-26-14-18(12-16-2-6-20(24)7-3-16)23(28)19(15-26)13-17-4-8-21(25)9-5-17/h2-9,12-13H,10-11,14-15H2,1H3/b18-12+,19-13+. The van der Waals surface area contributed by atoms with E-state index >= 15 is 0 Å². The molecule has 3 rings (SSSR count). The van der Waals surface area contributed by atoms with E-state index in [1.54, 1.807) is 24.3 Å². The highest BCUT2D eigenvalue weighted by molar-refractivity contribution is 6.30. The van der Waals surface area contributed by atoms with Gasteiger partial charge in [0.15, 0.2) is 5.78 Å². The maximum Gasteiger partial charge on any atom is 0.306 e. The third-order valence-electron chi connectivity index (χ3n) is 4.65. The Balaban J connectivity index is 1.89. The van der Waals surface area contributed by atoms with E-state index in [2.05, 4.69) is 4.90 Å². The van der Waals surface area contributed by atoms with Crippen LogP contribution in [0.1, 0.15) is 17.5 Å². The highest BCUT2D eigenvalue weighted by Gasteiger charge is 2.26. The Bertz CT molecular complexity index is 880. The van der Waals surface area contributed by atoms with Crippen LogP contribution in [0, 0.1) is 0 Å². The quantitative estimate of drug-likeness (QED) is 0.500. The third-order valence-corrected chi connectivity index (χ3v) is 5.16. The Labute approximate surface area is 180 Å². The van der Waals surface area contributed by atoms with Crippen molar-refractivity contribution in [1.82, 2.24) is 4.90 Å². The van der Waals surface area contributed by atoms with Crippen LogP contribution in [0.3, 0.4) is 0 Å². The van der Waals surface area contributed by atoms with Crippen LogP contribution in [0.25, 0.3) is 12.2 Å². The molecule has 1 fully saturated rings. The molecule has 1 saturated heterocycles. The van der Waals surface area contributed by atoms with Crippen LogP contribution in [0.4, 0.5) is 0 Å². The molecule has 0 unspecified atom stereocenters. The number of nitrogens with zero attached hydrogens (tertiary/aromatic N) is 1. The molecule has 6 heteroatoms. The lowest BCUT2D eigenvalue weighted by Crippen LogP contribution is -2.38. The number of rotatable bonds is 5. The highest BCUT2D eigenvalue weighted by Crippen LogP contribution is 2.23. The average Bonchev–Trinajstić information content (AvgIpc) is 2.72. The molecule has 0 spiro atoms. The Kier molecular flexibility index (Phi) is 7.26. The van der Waals surface area contributed by atoms with Gasteiger partial charge in [-0.1, -0.05) is 47.5 Å². The van der Waals surface area contributed by atoms with Crippen molar-refractivity contribution in [3.63, 3.8) is 0 Å². The Hall–Kier alpha value is -2.40. The summed E-state index contributed by atoms with van der Waals surface area (Å²) >= 11 is 11.9. The molecular weight excluding hydrogens is 409 g/mol. The molecule has 4 nitrogen and oxygen atoms in total. The number of benzene rings is 2. The van der Waals surface area contributed by atoms with Crippen LogP contribution >= 0.6 is 23.2 Å². The monoisotopic (exact) mass is 429 g/mol. The minimum atomic E-state index is -0.270. The summed E-state index contributed by atoms with van der Waals surface area (Å²) < 4.78 is 4.74. The number of hydrogen-bond donors (Lipinski definition) is 0. The molecule has 1 heterocycles. The van der Waals surface area contributed by atoms with Crippen molar-refractivity contribution >= 4 is 47.1 Å². The van der Waals surface area contributed by atoms with E-state index in [0.29, 0.717) is 40.8 Å². The number of ketones is 1. The fourth-order valence-electron chi connectivity index (χ4n) is 3.14. The van der Waals surface area contributed by atoms with Gasteiger partial charge < -0.3 is 4.74 Å². The van der Waals surface area contributed by atoms with E-state index in [-0.39, 0.29) is 18.2 Å². The number of carbonyl (C=O) groups is 2. The molecule has 150 valence electrons. The van der Waals surface area contributed by atoms with Crippen LogP contribution in [-0.2, 0) is 14.3 Å². The molecule has 0 atom stereocenters. The Morgan fingerprint density at radius 3 is 1.79 bits per heavy atom. The normalized spacial score (nSPS) is 17.7. The average molecular weight is 430 g/mol. The molecule has 29 heavy (non-hydrogen) atoms. The Morgan fingerprint density at radius 1 is 0.931 bits per heavy atom. The van der Waals surface area contributed by atoms with Crippen molar-refractivity contribution in [1.29, 1.82) is 0 Å². The summed E-state index contributed by atoms with van der Waals surface area (Å²) in [7, 11) is 1.37. The van der Waals surface area contributed by atoms with Gasteiger partial charge in [-0.3, -0.25) is 14.5 Å². The van der Waals surface area contributed by atoms with Crippen molar-refractivity contribution in [2.24, 2.45) is 0 Å². The smallest absolute Gasteiger partial charge is 0.306 e. The van der Waals surface area contributed by atoms with Crippen LogP contribution in [-0.4, -0.2) is 43.4 Å². The van der Waals surface area contributed by atoms with Gasteiger partial charge in [0.25, 0.3) is 0 Å². The van der Waals surface area contributed by atoms with Gasteiger partial charge >= 0.3 is 5.97 Å². The van der Waals surface area contributed by atoms with E-state index in [0.717, 1.165) is 11.1 Å². The van der Waals surface area contributed by atoms with Crippen molar-refractivity contribution in [2.75, 3.05) is 26.7 Å². The van der Waals surface area contributed by atoms with Crippen molar-refractivity contribution < 1.29 is 14.3 Å². The SMILES string of the molecule is COC(=O)CCN1C/C(=C\c2ccc(Cl)cc2)C(=O)/C(=C/c2ccc(Cl)cc2)C1. The molecule has 0 aliphatic carbocycles. The van der Waals surface area contributed by atoms with Crippen LogP contribution in [0.2, 0.25) is 10.0 Å². The number of carbonyl (C=O) groups excluding carboxylic acids is 2. The predicted octanol–water partition coefficient (Wildman–Crippen LogP) is 4.91. The summed E-state index contributed by atoms with van der Waals surface area (Å²) in [5.41, 5.74) is 3.14. The van der Waals surface area contributed by atoms with Gasteiger partial charge in [0.2, 0.25) is 0 Å². The van der Waals surface area contributed by atoms with E-state index in [1.165, 1.54) is 7.11 Å². The van der Waals surface area contributed by atoms with E-state index < -0.39 is 0 Å². The highest BCUT2D eigenvalue weighted by atomic mass is 35.5. The molecule has 1 aliphatic heterocycles. The van der Waals surface area contributed by atoms with E-state index in [1.807, 2.05) is 36.4 Å². The summed E-state index contributed by atoms with van der Waals surface area (Å²) in [5.74, 6) is -0.266. The summed E-state index contributed by atoms with van der Waals surface area (Å²) in [4.78, 5) is 26.7. The zero-order chi connectivity index (χ0) is 20.8. The molecule has 0 bridgehead atoms. The first kappa shape index (κ1) is 21.3. The number of halogens is 2. The van der Waals surface area contributed by atoms with Gasteiger partial charge in [-0.05, 0) is 47.5 Å². The van der Waals surface area contributed by atoms with Gasteiger partial charge in [-0.2, -0.15) is 0 Å². The maximum atomic E-state index is 13.1. The van der Waals surface area contributed by atoms with E-state index in [9.17, 15) is 9.59 Å². The first-order valence-electron chi connectivity index (χ1n) is 9.21. The fraction of sp³-hybridized carbons (Fsp3) is 0.217. The number of likely N-dealkylation sites (tertiary alicyclic amines) is 1. The minimum Gasteiger partial charge on any atom is -0.469 e. The number of esters is 1. The molecule has 0 radical (unpaired) electrons. The fourth-order valence-corrected chi connectivity index (χ4v) is 3.39. The lowest BCUT2D eigenvalue weighted by atomic mass is 9.94. The summed E-state index contributed by atoms with van der Waals surface area (Å²) in [6, 6.07) is 14.7. The maximum absolute atomic E-state index is 13.1. The van der Waals surface area contributed by atoms with Crippen molar-refractivity contribution in [3.05, 3.63) is 80.8 Å². The van der Waals surface area contributed by atoms with Gasteiger partial charge in [-0.15, -0.1) is 0 Å². The second kappa shape index (κ2) is 9.88. The third kappa shape index (κ3) is 6.04. The molecular formula is C23H21Cl2NO3. The zero-order valence-corrected chi connectivity index (χ0v) is 17.5. The molecule has 1 aliphatic rings. The molecule has 2 aromatic carbocycles. The van der Waals surface area contributed by atoms with Gasteiger partial charge in [0.05, 0.1) is 13.5 Å². The topological polar surface area (TPSA) is 46.6 Å².